The Morgan fingerprint density at radius 3 is 1.44 bits per heavy atom. The van der Waals surface area contributed by atoms with E-state index in [9.17, 15) is 0 Å². The zero-order chi connectivity index (χ0) is 19.2. The van der Waals surface area contributed by atoms with Crippen molar-refractivity contribution in [3.05, 3.63) is 102 Å². The zero-order valence-corrected chi connectivity index (χ0v) is 16.6. The molecule has 138 valence electrons. The molecule has 27 heavy (non-hydrogen) atoms. The highest BCUT2D eigenvalue weighted by Gasteiger charge is 2.12. The van der Waals surface area contributed by atoms with E-state index < -0.39 is 0 Å². The van der Waals surface area contributed by atoms with E-state index in [-0.39, 0.29) is 5.92 Å². The number of rotatable bonds is 6. The highest BCUT2D eigenvalue weighted by atomic mass is 15.1. The molecule has 3 rings (SSSR count). The van der Waals surface area contributed by atoms with Crippen molar-refractivity contribution in [3.8, 4) is 0 Å². The Bertz CT molecular complexity index is 809. The van der Waals surface area contributed by atoms with Crippen molar-refractivity contribution in [1.29, 1.82) is 0 Å². The third-order valence-electron chi connectivity index (χ3n) is 4.82. The molecule has 0 aliphatic rings. The van der Waals surface area contributed by atoms with E-state index >= 15 is 0 Å². The molecule has 2 nitrogen and oxygen atoms in total. The predicted octanol–water partition coefficient (Wildman–Crippen LogP) is 5.66. The summed E-state index contributed by atoms with van der Waals surface area (Å²) >= 11 is 0. The first-order valence-electron chi connectivity index (χ1n) is 9.32. The molecule has 0 heterocycles. The summed E-state index contributed by atoms with van der Waals surface area (Å²) in [7, 11) is 8.28. The van der Waals surface area contributed by atoms with E-state index in [1.54, 1.807) is 0 Å². The third-order valence-corrected chi connectivity index (χ3v) is 4.82. The standard InChI is InChI=1S/C25H28N2/c1-26(2)23-15-11-21(12-16-23)25(19-10-20-8-6-5-7-9-20)22-13-17-24(18-14-22)27(3)4/h5-19,25H,1-4H3/b19-10+. The molecule has 0 amide bonds. The summed E-state index contributed by atoms with van der Waals surface area (Å²) in [5.41, 5.74) is 6.24. The quantitative estimate of drug-likeness (QED) is 0.562. The zero-order valence-electron chi connectivity index (χ0n) is 16.6. The van der Waals surface area contributed by atoms with Gasteiger partial charge in [0.05, 0.1) is 0 Å². The second kappa shape index (κ2) is 8.59. The van der Waals surface area contributed by atoms with Gasteiger partial charge in [-0.25, -0.2) is 0 Å². The van der Waals surface area contributed by atoms with Gasteiger partial charge in [0.15, 0.2) is 0 Å². The monoisotopic (exact) mass is 356 g/mol. The normalized spacial score (nSPS) is 11.1. The molecule has 0 spiro atoms. The lowest BCUT2D eigenvalue weighted by Gasteiger charge is -2.19. The molecule has 0 fully saturated rings. The van der Waals surface area contributed by atoms with Crippen LogP contribution in [0.1, 0.15) is 22.6 Å². The van der Waals surface area contributed by atoms with E-state index in [2.05, 4.69) is 129 Å². The first-order valence-corrected chi connectivity index (χ1v) is 9.32. The van der Waals surface area contributed by atoms with Gasteiger partial charge in [-0.05, 0) is 41.0 Å². The second-order valence-electron chi connectivity index (χ2n) is 7.22. The fourth-order valence-corrected chi connectivity index (χ4v) is 3.15. The number of allylic oxidation sites excluding steroid dienone is 1. The van der Waals surface area contributed by atoms with Crippen LogP contribution in [-0.4, -0.2) is 28.2 Å². The summed E-state index contributed by atoms with van der Waals surface area (Å²) in [5.74, 6) is 0.220. The number of anilines is 2. The van der Waals surface area contributed by atoms with Crippen molar-refractivity contribution >= 4 is 17.5 Å². The Hall–Kier alpha value is -3.00. The lowest BCUT2D eigenvalue weighted by molar-refractivity contribution is 1.02. The van der Waals surface area contributed by atoms with Crippen LogP contribution in [-0.2, 0) is 0 Å². The Kier molecular flexibility index (Phi) is 5.97. The van der Waals surface area contributed by atoms with Crippen LogP contribution in [0.5, 0.6) is 0 Å². The van der Waals surface area contributed by atoms with Crippen LogP contribution < -0.4 is 9.80 Å². The van der Waals surface area contributed by atoms with Crippen molar-refractivity contribution in [2.75, 3.05) is 38.0 Å². The summed E-state index contributed by atoms with van der Waals surface area (Å²) in [5, 5.41) is 0. The average Bonchev–Trinajstić information content (AvgIpc) is 2.69. The van der Waals surface area contributed by atoms with E-state index in [0.29, 0.717) is 0 Å². The summed E-state index contributed by atoms with van der Waals surface area (Å²) in [6.45, 7) is 0. The number of benzene rings is 3. The van der Waals surface area contributed by atoms with Crippen LogP contribution in [0.15, 0.2) is 84.9 Å². The third kappa shape index (κ3) is 4.79. The van der Waals surface area contributed by atoms with Gasteiger partial charge in [0.25, 0.3) is 0 Å². The van der Waals surface area contributed by atoms with Crippen molar-refractivity contribution in [2.45, 2.75) is 5.92 Å². The van der Waals surface area contributed by atoms with Gasteiger partial charge in [0, 0.05) is 45.5 Å². The SMILES string of the molecule is CN(C)c1ccc(C(/C=C/c2ccccc2)c2ccc(N(C)C)cc2)cc1. The molecular weight excluding hydrogens is 328 g/mol. The fourth-order valence-electron chi connectivity index (χ4n) is 3.15. The minimum Gasteiger partial charge on any atom is -0.378 e. The topological polar surface area (TPSA) is 6.48 Å². The van der Waals surface area contributed by atoms with E-state index in [1.165, 1.54) is 28.1 Å². The van der Waals surface area contributed by atoms with Crippen LogP contribution in [0.25, 0.3) is 6.08 Å². The van der Waals surface area contributed by atoms with Gasteiger partial charge in [-0.3, -0.25) is 0 Å². The Morgan fingerprint density at radius 1 is 0.593 bits per heavy atom. The molecule has 3 aromatic carbocycles. The van der Waals surface area contributed by atoms with E-state index in [1.807, 2.05) is 0 Å². The second-order valence-corrected chi connectivity index (χ2v) is 7.22. The first kappa shape index (κ1) is 18.8. The summed E-state index contributed by atoms with van der Waals surface area (Å²) in [4.78, 5) is 4.26. The number of hydrogen-bond donors (Lipinski definition) is 0. The van der Waals surface area contributed by atoms with Crippen LogP contribution in [0, 0.1) is 0 Å². The van der Waals surface area contributed by atoms with Crippen molar-refractivity contribution in [3.63, 3.8) is 0 Å². The Balaban J connectivity index is 1.96. The molecule has 2 heteroatoms. The van der Waals surface area contributed by atoms with Gasteiger partial charge >= 0.3 is 0 Å². The molecule has 0 aliphatic heterocycles. The minimum absolute atomic E-state index is 0.220. The van der Waals surface area contributed by atoms with Gasteiger partial charge in [-0.1, -0.05) is 66.7 Å². The fraction of sp³-hybridized carbons (Fsp3) is 0.200. The highest BCUT2D eigenvalue weighted by molar-refractivity contribution is 5.56. The number of nitrogens with zero attached hydrogens (tertiary/aromatic N) is 2. The maximum atomic E-state index is 2.30. The summed E-state index contributed by atoms with van der Waals surface area (Å²) in [6, 6.07) is 28.2. The molecule has 0 saturated heterocycles. The summed E-state index contributed by atoms with van der Waals surface area (Å²) in [6.07, 6.45) is 4.51. The number of hydrogen-bond acceptors (Lipinski definition) is 2. The molecule has 0 unspecified atom stereocenters. The van der Waals surface area contributed by atoms with Gasteiger partial charge in [0.1, 0.15) is 0 Å². The van der Waals surface area contributed by atoms with Gasteiger partial charge in [0.2, 0.25) is 0 Å². The maximum absolute atomic E-state index is 2.30. The van der Waals surface area contributed by atoms with Crippen molar-refractivity contribution < 1.29 is 0 Å². The lowest BCUT2D eigenvalue weighted by atomic mass is 9.90. The molecule has 0 saturated carbocycles. The van der Waals surface area contributed by atoms with Crippen LogP contribution in [0.3, 0.4) is 0 Å². The summed E-state index contributed by atoms with van der Waals surface area (Å²) < 4.78 is 0. The highest BCUT2D eigenvalue weighted by Crippen LogP contribution is 2.29. The molecule has 0 N–H and O–H groups in total. The van der Waals surface area contributed by atoms with Gasteiger partial charge in [-0.2, -0.15) is 0 Å². The molecule has 0 aromatic heterocycles. The minimum atomic E-state index is 0.220. The van der Waals surface area contributed by atoms with E-state index in [0.717, 1.165) is 0 Å². The smallest absolute Gasteiger partial charge is 0.0361 e. The molecule has 0 aliphatic carbocycles. The van der Waals surface area contributed by atoms with Crippen LogP contribution in [0.4, 0.5) is 11.4 Å². The molecule has 0 bridgehead atoms. The molecule has 0 radical (unpaired) electrons. The van der Waals surface area contributed by atoms with Gasteiger partial charge in [-0.15, -0.1) is 0 Å². The largest absolute Gasteiger partial charge is 0.378 e. The average molecular weight is 357 g/mol. The molecular formula is C25H28N2. The molecule has 0 atom stereocenters. The van der Waals surface area contributed by atoms with Crippen LogP contribution >= 0.6 is 0 Å². The van der Waals surface area contributed by atoms with Crippen molar-refractivity contribution in [2.24, 2.45) is 0 Å². The van der Waals surface area contributed by atoms with Gasteiger partial charge < -0.3 is 9.80 Å². The first-order chi connectivity index (χ1) is 13.0. The lowest BCUT2D eigenvalue weighted by Crippen LogP contribution is -2.09. The Morgan fingerprint density at radius 2 is 1.04 bits per heavy atom. The molecule has 3 aromatic rings. The van der Waals surface area contributed by atoms with E-state index in [4.69, 9.17) is 0 Å². The van der Waals surface area contributed by atoms with Crippen molar-refractivity contribution in [1.82, 2.24) is 0 Å². The van der Waals surface area contributed by atoms with Crippen LogP contribution in [0.2, 0.25) is 0 Å². The maximum Gasteiger partial charge on any atom is 0.0361 e. The predicted molar refractivity (Wildman–Crippen MR) is 119 cm³/mol. The Labute approximate surface area is 163 Å².